The molecule has 0 aliphatic carbocycles. The monoisotopic (exact) mass is 426 g/mol. The number of aromatic nitrogens is 2. The fraction of sp³-hybridized carbons (Fsp3) is 0.259. The Morgan fingerprint density at radius 2 is 1.69 bits per heavy atom. The highest BCUT2D eigenvalue weighted by molar-refractivity contribution is 5.94. The number of aryl methyl sites for hydroxylation is 1. The minimum atomic E-state index is -0.202. The standard InChI is InChI=1S/C27H30N4O/c1-20-13-15-23(16-14-20)27(32)30(18-8-17-28)21(2)26-29-24-11-6-7-12-25(24)31(26)19-22-9-4-3-5-10-22/h3-7,9-16,21H,8,17-19,28H2,1-2H3/t21-/m1/s1. The molecule has 32 heavy (non-hydrogen) atoms. The number of para-hydroxylation sites is 2. The van der Waals surface area contributed by atoms with E-state index >= 15 is 0 Å². The van der Waals surface area contributed by atoms with Crippen LogP contribution in [0.25, 0.3) is 11.0 Å². The van der Waals surface area contributed by atoms with Crippen molar-refractivity contribution in [2.45, 2.75) is 32.9 Å². The molecule has 1 atom stereocenters. The molecule has 0 aliphatic rings. The summed E-state index contributed by atoms with van der Waals surface area (Å²) in [5.41, 5.74) is 10.8. The molecule has 0 fully saturated rings. The van der Waals surface area contributed by atoms with Gasteiger partial charge in [-0.2, -0.15) is 0 Å². The van der Waals surface area contributed by atoms with Crippen LogP contribution in [-0.2, 0) is 6.54 Å². The zero-order chi connectivity index (χ0) is 22.5. The Balaban J connectivity index is 1.75. The molecule has 4 aromatic rings. The van der Waals surface area contributed by atoms with Gasteiger partial charge >= 0.3 is 0 Å². The Kier molecular flexibility index (Phi) is 6.66. The summed E-state index contributed by atoms with van der Waals surface area (Å²) in [5.74, 6) is 0.886. The first kappa shape index (κ1) is 21.8. The average Bonchev–Trinajstić information content (AvgIpc) is 3.18. The van der Waals surface area contributed by atoms with E-state index in [0.717, 1.165) is 28.8 Å². The molecule has 0 unspecified atom stereocenters. The van der Waals surface area contributed by atoms with E-state index in [4.69, 9.17) is 10.7 Å². The highest BCUT2D eigenvalue weighted by Gasteiger charge is 2.27. The van der Waals surface area contributed by atoms with E-state index in [1.54, 1.807) is 0 Å². The molecule has 0 saturated heterocycles. The number of carbonyl (C=O) groups excluding carboxylic acids is 1. The van der Waals surface area contributed by atoms with E-state index in [1.165, 1.54) is 5.56 Å². The Bertz CT molecular complexity index is 1180. The fourth-order valence-electron chi connectivity index (χ4n) is 4.08. The minimum Gasteiger partial charge on any atom is -0.330 e. The maximum atomic E-state index is 13.5. The summed E-state index contributed by atoms with van der Waals surface area (Å²) >= 11 is 0. The summed E-state index contributed by atoms with van der Waals surface area (Å²) in [6, 6.07) is 26.0. The van der Waals surface area contributed by atoms with Crippen LogP contribution in [0.15, 0.2) is 78.9 Å². The van der Waals surface area contributed by atoms with Crippen molar-refractivity contribution in [3.8, 4) is 0 Å². The van der Waals surface area contributed by atoms with Crippen LogP contribution in [0.1, 0.15) is 46.7 Å². The lowest BCUT2D eigenvalue weighted by Gasteiger charge is -2.29. The zero-order valence-electron chi connectivity index (χ0n) is 18.7. The molecule has 2 N–H and O–H groups in total. The maximum Gasteiger partial charge on any atom is 0.254 e. The van der Waals surface area contributed by atoms with Crippen molar-refractivity contribution in [1.82, 2.24) is 14.5 Å². The Morgan fingerprint density at radius 3 is 2.41 bits per heavy atom. The number of hydrogen-bond acceptors (Lipinski definition) is 3. The third kappa shape index (κ3) is 4.58. The van der Waals surface area contributed by atoms with Gasteiger partial charge in [0.05, 0.1) is 17.1 Å². The van der Waals surface area contributed by atoms with Gasteiger partial charge in [0, 0.05) is 18.7 Å². The number of carbonyl (C=O) groups is 1. The second kappa shape index (κ2) is 9.79. The highest BCUT2D eigenvalue weighted by atomic mass is 16.2. The molecule has 3 aromatic carbocycles. The largest absolute Gasteiger partial charge is 0.330 e. The van der Waals surface area contributed by atoms with Gasteiger partial charge in [0.2, 0.25) is 0 Å². The van der Waals surface area contributed by atoms with Crippen molar-refractivity contribution in [2.75, 3.05) is 13.1 Å². The van der Waals surface area contributed by atoms with E-state index < -0.39 is 0 Å². The molecule has 164 valence electrons. The molecule has 1 amide bonds. The molecule has 5 heteroatoms. The van der Waals surface area contributed by atoms with E-state index in [2.05, 4.69) is 29.7 Å². The molecule has 0 saturated carbocycles. The van der Waals surface area contributed by atoms with Gasteiger partial charge in [0.25, 0.3) is 5.91 Å². The molecule has 4 rings (SSSR count). The number of nitrogens with two attached hydrogens (primary N) is 1. The van der Waals surface area contributed by atoms with E-state index in [-0.39, 0.29) is 11.9 Å². The molecule has 5 nitrogen and oxygen atoms in total. The third-order valence-corrected chi connectivity index (χ3v) is 5.87. The third-order valence-electron chi connectivity index (χ3n) is 5.87. The van der Waals surface area contributed by atoms with E-state index in [9.17, 15) is 4.79 Å². The fourth-order valence-corrected chi connectivity index (χ4v) is 4.08. The van der Waals surface area contributed by atoms with Gasteiger partial charge in [-0.3, -0.25) is 4.79 Å². The van der Waals surface area contributed by atoms with Crippen molar-refractivity contribution < 1.29 is 4.79 Å². The summed E-state index contributed by atoms with van der Waals surface area (Å²) in [7, 11) is 0. The van der Waals surface area contributed by atoms with Gasteiger partial charge in [-0.25, -0.2) is 4.98 Å². The van der Waals surface area contributed by atoms with Crippen molar-refractivity contribution >= 4 is 16.9 Å². The lowest BCUT2D eigenvalue weighted by atomic mass is 10.1. The summed E-state index contributed by atoms with van der Waals surface area (Å²) in [6.07, 6.45) is 0.737. The molecule has 1 heterocycles. The number of hydrogen-bond donors (Lipinski definition) is 1. The summed E-state index contributed by atoms with van der Waals surface area (Å²) in [4.78, 5) is 20.4. The molecular weight excluding hydrogens is 396 g/mol. The van der Waals surface area contributed by atoms with Gasteiger partial charge in [-0.05, 0) is 56.6 Å². The second-order valence-corrected chi connectivity index (χ2v) is 8.21. The number of benzene rings is 3. The van der Waals surface area contributed by atoms with Gasteiger partial charge in [-0.1, -0.05) is 60.2 Å². The molecule has 1 aromatic heterocycles. The average molecular weight is 427 g/mol. The number of fused-ring (bicyclic) bond motifs is 1. The van der Waals surface area contributed by atoms with Gasteiger partial charge in [0.15, 0.2) is 0 Å². The van der Waals surface area contributed by atoms with Crippen LogP contribution in [0.3, 0.4) is 0 Å². The molecule has 0 radical (unpaired) electrons. The van der Waals surface area contributed by atoms with E-state index in [1.807, 2.05) is 72.5 Å². The van der Waals surface area contributed by atoms with Gasteiger partial charge in [0.1, 0.15) is 5.82 Å². The first-order valence-electron chi connectivity index (χ1n) is 11.2. The first-order chi connectivity index (χ1) is 15.6. The van der Waals surface area contributed by atoms with Crippen LogP contribution < -0.4 is 5.73 Å². The smallest absolute Gasteiger partial charge is 0.254 e. The molecule has 0 aliphatic heterocycles. The Morgan fingerprint density at radius 1 is 1.00 bits per heavy atom. The highest BCUT2D eigenvalue weighted by Crippen LogP contribution is 2.27. The predicted octanol–water partition coefficient (Wildman–Crippen LogP) is 4.95. The number of nitrogens with zero attached hydrogens (tertiary/aromatic N) is 3. The van der Waals surface area contributed by atoms with Gasteiger partial charge < -0.3 is 15.2 Å². The first-order valence-corrected chi connectivity index (χ1v) is 11.2. The lowest BCUT2D eigenvalue weighted by molar-refractivity contribution is 0.0679. The number of amides is 1. The van der Waals surface area contributed by atoms with E-state index in [0.29, 0.717) is 25.2 Å². The van der Waals surface area contributed by atoms with Crippen LogP contribution in [0.5, 0.6) is 0 Å². The maximum absolute atomic E-state index is 13.5. The summed E-state index contributed by atoms with van der Waals surface area (Å²) in [5, 5.41) is 0. The van der Waals surface area contributed by atoms with Gasteiger partial charge in [-0.15, -0.1) is 0 Å². The SMILES string of the molecule is Cc1ccc(C(=O)N(CCCN)[C@H](C)c2nc3ccccc3n2Cc2ccccc2)cc1. The van der Waals surface area contributed by atoms with Crippen molar-refractivity contribution in [3.05, 3.63) is 101 Å². The number of rotatable bonds is 8. The zero-order valence-corrected chi connectivity index (χ0v) is 18.7. The minimum absolute atomic E-state index is 0.00395. The van der Waals surface area contributed by atoms with Crippen LogP contribution in [0, 0.1) is 6.92 Å². The van der Waals surface area contributed by atoms with Crippen LogP contribution in [0.2, 0.25) is 0 Å². The van der Waals surface area contributed by atoms with Crippen molar-refractivity contribution in [3.63, 3.8) is 0 Å². The van der Waals surface area contributed by atoms with Crippen LogP contribution >= 0.6 is 0 Å². The predicted molar refractivity (Wildman–Crippen MR) is 130 cm³/mol. The van der Waals surface area contributed by atoms with Crippen molar-refractivity contribution in [2.24, 2.45) is 5.73 Å². The quantitative estimate of drug-likeness (QED) is 0.434. The summed E-state index contributed by atoms with van der Waals surface area (Å²) < 4.78 is 2.23. The topological polar surface area (TPSA) is 64.2 Å². The molecule has 0 bridgehead atoms. The number of imidazole rings is 1. The lowest BCUT2D eigenvalue weighted by Crippen LogP contribution is -2.36. The molecular formula is C27H30N4O. The van der Waals surface area contributed by atoms with Crippen LogP contribution in [0.4, 0.5) is 0 Å². The molecule has 0 spiro atoms. The Hall–Kier alpha value is -3.44. The van der Waals surface area contributed by atoms with Crippen molar-refractivity contribution in [1.29, 1.82) is 0 Å². The second-order valence-electron chi connectivity index (χ2n) is 8.21. The van der Waals surface area contributed by atoms with Crippen LogP contribution in [-0.4, -0.2) is 33.4 Å². The normalized spacial score (nSPS) is 12.1. The Labute approximate surface area is 189 Å². The summed E-state index contributed by atoms with van der Waals surface area (Å²) in [6.45, 7) is 5.90.